The van der Waals surface area contributed by atoms with Crippen LogP contribution >= 0.6 is 0 Å². The Bertz CT molecular complexity index is 459. The summed E-state index contributed by atoms with van der Waals surface area (Å²) in [5.74, 6) is -0.616. The highest BCUT2D eigenvalue weighted by molar-refractivity contribution is 6.01. The number of carbonyl (C=O) groups is 2. The molecule has 0 N–H and O–H groups in total. The summed E-state index contributed by atoms with van der Waals surface area (Å²) in [5, 5.41) is 0. The summed E-state index contributed by atoms with van der Waals surface area (Å²) in [6, 6.07) is 0. The number of methoxy groups -OCH3 is 2. The lowest BCUT2D eigenvalue weighted by molar-refractivity contribution is -0.173. The predicted octanol–water partition coefficient (Wildman–Crippen LogP) is 2.27. The van der Waals surface area contributed by atoms with Crippen molar-refractivity contribution in [3.05, 3.63) is 37.0 Å². The van der Waals surface area contributed by atoms with Crippen molar-refractivity contribution >= 4 is 11.9 Å². The van der Waals surface area contributed by atoms with E-state index in [2.05, 4.69) is 12.7 Å². The molecular weight excluding hydrogens is 256 g/mol. The van der Waals surface area contributed by atoms with Crippen LogP contribution in [0.15, 0.2) is 37.0 Å². The van der Waals surface area contributed by atoms with E-state index < -0.39 is 17.4 Å². The molecule has 0 bridgehead atoms. The minimum Gasteiger partial charge on any atom is -0.468 e. The highest BCUT2D eigenvalue weighted by Crippen LogP contribution is 2.55. The molecule has 0 aromatic carbocycles. The molecule has 108 valence electrons. The number of hydrogen-bond donors (Lipinski definition) is 0. The molecule has 1 fully saturated rings. The number of esters is 2. The van der Waals surface area contributed by atoms with Gasteiger partial charge in [-0.2, -0.15) is 0 Å². The molecule has 20 heavy (non-hydrogen) atoms. The Balaban J connectivity index is 2.46. The molecule has 0 saturated heterocycles. The van der Waals surface area contributed by atoms with E-state index in [9.17, 15) is 9.59 Å². The van der Waals surface area contributed by atoms with Gasteiger partial charge in [-0.3, -0.25) is 9.59 Å². The van der Waals surface area contributed by atoms with Gasteiger partial charge in [-0.05, 0) is 24.7 Å². The maximum absolute atomic E-state index is 12.4. The van der Waals surface area contributed by atoms with E-state index in [0.29, 0.717) is 5.92 Å². The molecule has 3 atom stereocenters. The van der Waals surface area contributed by atoms with Crippen molar-refractivity contribution in [3.8, 4) is 0 Å². The second kappa shape index (κ2) is 5.65. The Morgan fingerprint density at radius 2 is 1.85 bits per heavy atom. The third-order valence-electron chi connectivity index (χ3n) is 4.27. The van der Waals surface area contributed by atoms with Crippen molar-refractivity contribution in [2.24, 2.45) is 23.2 Å². The second-order valence-electron chi connectivity index (χ2n) is 5.31. The van der Waals surface area contributed by atoms with Crippen molar-refractivity contribution in [1.29, 1.82) is 0 Å². The Morgan fingerprint density at radius 3 is 2.40 bits per heavy atom. The molecule has 1 saturated carbocycles. The lowest BCUT2D eigenvalue weighted by Crippen LogP contribution is -2.47. The molecule has 0 unspecified atom stereocenters. The number of carbonyl (C=O) groups excluding carboxylic acids is 2. The van der Waals surface area contributed by atoms with E-state index in [-0.39, 0.29) is 18.3 Å². The monoisotopic (exact) mass is 276 g/mol. The fourth-order valence-corrected chi connectivity index (χ4v) is 3.18. The van der Waals surface area contributed by atoms with E-state index in [4.69, 9.17) is 9.47 Å². The van der Waals surface area contributed by atoms with E-state index in [1.165, 1.54) is 14.2 Å². The van der Waals surface area contributed by atoms with Crippen LogP contribution in [-0.2, 0) is 19.1 Å². The summed E-state index contributed by atoms with van der Waals surface area (Å²) < 4.78 is 9.82. The fourth-order valence-electron chi connectivity index (χ4n) is 3.18. The van der Waals surface area contributed by atoms with Crippen molar-refractivity contribution in [1.82, 2.24) is 0 Å². The molecular formula is C16H20O4. The van der Waals surface area contributed by atoms with Crippen LogP contribution in [0.1, 0.15) is 12.8 Å². The Hall–Kier alpha value is -1.84. The fraction of sp³-hybridized carbons (Fsp3) is 0.500. The molecule has 2 aliphatic carbocycles. The van der Waals surface area contributed by atoms with Gasteiger partial charge in [-0.25, -0.2) is 0 Å². The number of ether oxygens (including phenoxy) is 2. The van der Waals surface area contributed by atoms with Gasteiger partial charge in [0.25, 0.3) is 0 Å². The van der Waals surface area contributed by atoms with Crippen LogP contribution in [0.5, 0.6) is 0 Å². The lowest BCUT2D eigenvalue weighted by Gasteiger charge is -2.33. The minimum atomic E-state index is -1.33. The first-order valence-electron chi connectivity index (χ1n) is 6.74. The molecule has 4 heteroatoms. The molecule has 0 heterocycles. The average molecular weight is 276 g/mol. The normalized spacial score (nSPS) is 27.2. The van der Waals surface area contributed by atoms with Crippen LogP contribution in [0.25, 0.3) is 0 Å². The lowest BCUT2D eigenvalue weighted by atomic mass is 9.69. The highest BCUT2D eigenvalue weighted by Gasteiger charge is 2.59. The van der Waals surface area contributed by atoms with Crippen molar-refractivity contribution in [3.63, 3.8) is 0 Å². The minimum absolute atomic E-state index is 0.213. The van der Waals surface area contributed by atoms with Crippen molar-refractivity contribution < 1.29 is 19.1 Å². The Kier molecular flexibility index (Phi) is 4.12. The average Bonchev–Trinajstić information content (AvgIpc) is 3.23. The van der Waals surface area contributed by atoms with Crippen LogP contribution in [-0.4, -0.2) is 26.2 Å². The summed E-state index contributed by atoms with van der Waals surface area (Å²) in [5.41, 5.74) is -1.33. The first-order valence-corrected chi connectivity index (χ1v) is 6.74. The zero-order valence-corrected chi connectivity index (χ0v) is 11.9. The summed E-state index contributed by atoms with van der Waals surface area (Å²) in [7, 11) is 2.60. The smallest absolute Gasteiger partial charge is 0.324 e. The standard InChI is InChI=1S/C16H20O4/c1-4-9-16(14(17)19-2,15(18)20-3)13-8-6-5-7-11-10-12(11)13/h4-8,11-13H,1,9-10H2,2-3H3/t11-,12+,13-/m1/s1. The highest BCUT2D eigenvalue weighted by atomic mass is 16.5. The third kappa shape index (κ3) is 2.19. The first-order chi connectivity index (χ1) is 9.61. The van der Waals surface area contributed by atoms with Crippen LogP contribution in [0.2, 0.25) is 0 Å². The quantitative estimate of drug-likeness (QED) is 0.439. The number of fused-ring (bicyclic) bond motifs is 1. The maximum Gasteiger partial charge on any atom is 0.324 e. The number of rotatable bonds is 5. The first kappa shape index (κ1) is 14.6. The number of hydrogen-bond acceptors (Lipinski definition) is 4. The number of allylic oxidation sites excluding steroid dienone is 5. The Morgan fingerprint density at radius 1 is 1.25 bits per heavy atom. The molecule has 0 aromatic heterocycles. The zero-order valence-electron chi connectivity index (χ0n) is 11.9. The maximum atomic E-state index is 12.4. The molecule has 0 amide bonds. The largest absolute Gasteiger partial charge is 0.468 e. The molecule has 4 nitrogen and oxygen atoms in total. The van der Waals surface area contributed by atoms with Crippen molar-refractivity contribution in [2.45, 2.75) is 12.8 Å². The van der Waals surface area contributed by atoms with Gasteiger partial charge in [0, 0.05) is 5.92 Å². The summed E-state index contributed by atoms with van der Waals surface area (Å²) in [6.45, 7) is 3.68. The molecule has 2 rings (SSSR count). The van der Waals surface area contributed by atoms with Crippen LogP contribution in [0.4, 0.5) is 0 Å². The van der Waals surface area contributed by atoms with Crippen LogP contribution < -0.4 is 0 Å². The SMILES string of the molecule is C=CCC(C(=O)OC)(C(=O)OC)[C@@H]1C=CC=C[C@@H]2C[C@@H]21. The van der Waals surface area contributed by atoms with Gasteiger partial charge in [0.15, 0.2) is 5.41 Å². The second-order valence-corrected chi connectivity index (χ2v) is 5.31. The van der Waals surface area contributed by atoms with Gasteiger partial charge in [-0.15, -0.1) is 6.58 Å². The molecule has 2 aliphatic rings. The molecule has 0 radical (unpaired) electrons. The molecule has 0 spiro atoms. The topological polar surface area (TPSA) is 52.6 Å². The van der Waals surface area contributed by atoms with Crippen molar-refractivity contribution in [2.75, 3.05) is 14.2 Å². The van der Waals surface area contributed by atoms with E-state index in [1.807, 2.05) is 18.2 Å². The van der Waals surface area contributed by atoms with E-state index in [0.717, 1.165) is 6.42 Å². The van der Waals surface area contributed by atoms with Gasteiger partial charge in [-0.1, -0.05) is 30.4 Å². The zero-order chi connectivity index (χ0) is 14.8. The third-order valence-corrected chi connectivity index (χ3v) is 4.27. The predicted molar refractivity (Wildman–Crippen MR) is 74.6 cm³/mol. The van der Waals surface area contributed by atoms with Gasteiger partial charge in [0.1, 0.15) is 0 Å². The summed E-state index contributed by atoms with van der Waals surface area (Å²) in [6.07, 6.45) is 10.7. The van der Waals surface area contributed by atoms with Gasteiger partial charge in [0.2, 0.25) is 0 Å². The molecule has 0 aliphatic heterocycles. The molecule has 0 aromatic rings. The summed E-state index contributed by atoms with van der Waals surface area (Å²) in [4.78, 5) is 24.7. The van der Waals surface area contributed by atoms with Gasteiger partial charge < -0.3 is 9.47 Å². The van der Waals surface area contributed by atoms with Gasteiger partial charge >= 0.3 is 11.9 Å². The Labute approximate surface area is 119 Å². The summed E-state index contributed by atoms with van der Waals surface area (Å²) >= 11 is 0. The van der Waals surface area contributed by atoms with Crippen LogP contribution in [0.3, 0.4) is 0 Å². The van der Waals surface area contributed by atoms with E-state index >= 15 is 0 Å². The van der Waals surface area contributed by atoms with E-state index in [1.54, 1.807) is 6.08 Å². The van der Waals surface area contributed by atoms with Gasteiger partial charge in [0.05, 0.1) is 14.2 Å². The van der Waals surface area contributed by atoms with Crippen LogP contribution in [0, 0.1) is 23.2 Å².